The minimum atomic E-state index is -0.340. The molecule has 3 aliphatic heterocycles. The van der Waals surface area contributed by atoms with Gasteiger partial charge in [0.2, 0.25) is 0 Å². The van der Waals surface area contributed by atoms with E-state index >= 15 is 0 Å². The second-order valence-electron chi connectivity index (χ2n) is 18.4. The van der Waals surface area contributed by atoms with Crippen molar-refractivity contribution < 1.29 is 18.9 Å². The lowest BCUT2D eigenvalue weighted by Crippen LogP contribution is -2.39. The summed E-state index contributed by atoms with van der Waals surface area (Å²) in [6.45, 7) is 15.8. The number of aliphatic imine (C=N–C) groups is 1. The van der Waals surface area contributed by atoms with Crippen LogP contribution in [0.5, 0.6) is 23.0 Å². The largest absolute Gasteiger partial charge is 0.493 e. The van der Waals surface area contributed by atoms with Crippen molar-refractivity contribution in [2.75, 3.05) is 39.5 Å². The highest BCUT2D eigenvalue weighted by molar-refractivity contribution is 5.69. The van der Waals surface area contributed by atoms with Crippen LogP contribution >= 0.6 is 0 Å². The molecule has 5 aromatic rings. The number of unbranched alkanes of at least 4 members (excludes halogenated alkanes) is 2. The molecule has 0 aliphatic carbocycles. The second-order valence-corrected chi connectivity index (χ2v) is 18.4. The van der Waals surface area contributed by atoms with Gasteiger partial charge in [0.05, 0.1) is 48.5 Å². The Kier molecular flexibility index (Phi) is 15.4. The molecule has 0 amide bonds. The van der Waals surface area contributed by atoms with E-state index in [4.69, 9.17) is 23.9 Å². The number of fused-ring (bicyclic) bond motifs is 3. The molecule has 8 rings (SSSR count). The number of ether oxygens (including phenoxy) is 4. The Bertz CT molecular complexity index is 2250. The van der Waals surface area contributed by atoms with Gasteiger partial charge in [0.1, 0.15) is 28.6 Å². The molecule has 0 N–H and O–H groups in total. The molecule has 0 spiro atoms. The number of nitrogens with zero attached hydrogens (tertiary/aromatic N) is 6. The van der Waals surface area contributed by atoms with Gasteiger partial charge in [0, 0.05) is 62.3 Å². The lowest BCUT2D eigenvalue weighted by atomic mass is 9.85. The first-order valence-corrected chi connectivity index (χ1v) is 23.5. The number of hydrogen-bond acceptors (Lipinski definition) is 10. The van der Waals surface area contributed by atoms with E-state index in [0.29, 0.717) is 37.7 Å². The number of hydrogen-bond donors (Lipinski definition) is 0. The Morgan fingerprint density at radius 2 is 1.39 bits per heavy atom. The first-order valence-electron chi connectivity index (χ1n) is 23.5. The van der Waals surface area contributed by atoms with Crippen molar-refractivity contribution in [1.29, 1.82) is 0 Å². The molecule has 4 unspecified atom stereocenters. The molecule has 6 heterocycles. The molecule has 3 aliphatic rings. The molecule has 4 atom stereocenters. The highest BCUT2D eigenvalue weighted by Gasteiger charge is 2.31. The summed E-state index contributed by atoms with van der Waals surface area (Å²) in [7, 11) is 0. The number of pyridine rings is 3. The minimum Gasteiger partial charge on any atom is -0.493 e. The van der Waals surface area contributed by atoms with Crippen molar-refractivity contribution in [3.63, 3.8) is 0 Å². The second kappa shape index (κ2) is 21.9. The molecule has 0 bridgehead atoms. The molecule has 10 heteroatoms. The zero-order valence-electron chi connectivity index (χ0n) is 38.3. The number of benzene rings is 2. The van der Waals surface area contributed by atoms with E-state index in [1.54, 1.807) is 0 Å². The van der Waals surface area contributed by atoms with Crippen LogP contribution < -0.4 is 18.9 Å². The number of rotatable bonds is 21. The van der Waals surface area contributed by atoms with Gasteiger partial charge in [-0.3, -0.25) is 29.7 Å². The zero-order valence-corrected chi connectivity index (χ0v) is 38.3. The van der Waals surface area contributed by atoms with Gasteiger partial charge in [-0.25, -0.2) is 0 Å². The summed E-state index contributed by atoms with van der Waals surface area (Å²) in [6.07, 6.45) is 17.8. The highest BCUT2D eigenvalue weighted by Crippen LogP contribution is 2.44. The van der Waals surface area contributed by atoms with E-state index in [-0.39, 0.29) is 11.5 Å². The molecule has 336 valence electrons. The van der Waals surface area contributed by atoms with Gasteiger partial charge < -0.3 is 18.9 Å². The first kappa shape index (κ1) is 45.0. The molecule has 2 aromatic carbocycles. The minimum absolute atomic E-state index is 0.137. The third-order valence-corrected chi connectivity index (χ3v) is 12.9. The fraction of sp³-hybridized carbons (Fsp3) is 0.444. The van der Waals surface area contributed by atoms with Crippen LogP contribution in [0.4, 0.5) is 0 Å². The average molecular weight is 863 g/mol. The van der Waals surface area contributed by atoms with Crippen LogP contribution in [-0.4, -0.2) is 82.1 Å². The summed E-state index contributed by atoms with van der Waals surface area (Å²) in [5.41, 5.74) is 6.24. The maximum absolute atomic E-state index is 6.75. The zero-order chi connectivity index (χ0) is 44.1. The lowest BCUT2D eigenvalue weighted by Gasteiger charge is -2.33. The molecule has 0 radical (unpaired) electrons. The summed E-state index contributed by atoms with van der Waals surface area (Å²) in [4.78, 5) is 23.7. The van der Waals surface area contributed by atoms with Crippen molar-refractivity contribution in [1.82, 2.24) is 24.8 Å². The Labute approximate surface area is 380 Å². The third kappa shape index (κ3) is 12.4. The molecular formula is C54H66N6O4. The van der Waals surface area contributed by atoms with E-state index in [0.717, 1.165) is 129 Å². The van der Waals surface area contributed by atoms with Gasteiger partial charge in [-0.2, -0.15) is 0 Å². The molecule has 64 heavy (non-hydrogen) atoms. The van der Waals surface area contributed by atoms with Gasteiger partial charge >= 0.3 is 0 Å². The fourth-order valence-corrected chi connectivity index (χ4v) is 9.01. The molecule has 3 aromatic heterocycles. The topological polar surface area (TPSA) is 94.4 Å². The SMILES string of the molecule is CC1CC=NC(CN(CCCCOc2cc(OCCCCN(Cc3ccccn3)Cc3ccccn3)ccc2C2COc3c(ccc4c3C=CC(C)(C)O4)C2)Cc2ccccn2)C1C. The van der Waals surface area contributed by atoms with Gasteiger partial charge in [0.25, 0.3) is 0 Å². The number of aromatic nitrogens is 3. The molecule has 0 fully saturated rings. The van der Waals surface area contributed by atoms with Gasteiger partial charge in [-0.05, 0) is 150 Å². The van der Waals surface area contributed by atoms with Crippen molar-refractivity contribution in [2.45, 2.75) is 103 Å². The standard InChI is InChI=1S/C54H66N6O4/c1-40-23-28-58-50(41(40)2)38-60(37-46-17-7-10-27-57-46)30-12-14-32-62-52-34-47(61-31-13-11-29-59(35-44-15-5-8-25-55-44)36-45-16-6-9-26-56-45)19-20-48(52)43-33-42-18-21-51-49(53(42)63-39-43)22-24-54(3,4)64-51/h5-10,15-22,24-28,34,40-41,43,50H,11-14,23,29-33,35-39H2,1-4H3. The van der Waals surface area contributed by atoms with Crippen LogP contribution in [0.1, 0.15) is 99.5 Å². The molecule has 0 saturated carbocycles. The Morgan fingerprint density at radius 1 is 0.734 bits per heavy atom. The van der Waals surface area contributed by atoms with E-state index in [2.05, 4.69) is 125 Å². The molecular weight excluding hydrogens is 797 g/mol. The Morgan fingerprint density at radius 3 is 2.06 bits per heavy atom. The van der Waals surface area contributed by atoms with Crippen LogP contribution in [0.3, 0.4) is 0 Å². The summed E-state index contributed by atoms with van der Waals surface area (Å²) in [5, 5.41) is 0. The Balaban J connectivity index is 0.912. The smallest absolute Gasteiger partial charge is 0.133 e. The Hall–Kier alpha value is -5.58. The van der Waals surface area contributed by atoms with Crippen molar-refractivity contribution >= 4 is 12.3 Å². The van der Waals surface area contributed by atoms with Gasteiger partial charge in [-0.15, -0.1) is 0 Å². The summed E-state index contributed by atoms with van der Waals surface area (Å²) in [5.74, 6) is 4.83. The van der Waals surface area contributed by atoms with E-state index < -0.39 is 0 Å². The van der Waals surface area contributed by atoms with Crippen molar-refractivity contribution in [2.24, 2.45) is 16.8 Å². The van der Waals surface area contributed by atoms with Gasteiger partial charge in [-0.1, -0.05) is 44.2 Å². The fourth-order valence-electron chi connectivity index (χ4n) is 9.01. The molecule has 0 saturated heterocycles. The van der Waals surface area contributed by atoms with Crippen LogP contribution in [0.25, 0.3) is 6.08 Å². The molecule has 10 nitrogen and oxygen atoms in total. The van der Waals surface area contributed by atoms with Crippen molar-refractivity contribution in [3.05, 3.63) is 143 Å². The maximum Gasteiger partial charge on any atom is 0.133 e. The summed E-state index contributed by atoms with van der Waals surface area (Å²) >= 11 is 0. The lowest BCUT2D eigenvalue weighted by molar-refractivity contribution is 0.157. The highest BCUT2D eigenvalue weighted by atomic mass is 16.5. The normalized spacial score (nSPS) is 19.7. The van der Waals surface area contributed by atoms with Crippen LogP contribution in [0.2, 0.25) is 0 Å². The van der Waals surface area contributed by atoms with E-state index in [9.17, 15) is 0 Å². The van der Waals surface area contributed by atoms with Crippen LogP contribution in [-0.2, 0) is 26.1 Å². The predicted molar refractivity (Wildman–Crippen MR) is 255 cm³/mol. The van der Waals surface area contributed by atoms with Gasteiger partial charge in [0.15, 0.2) is 0 Å². The van der Waals surface area contributed by atoms with Crippen LogP contribution in [0, 0.1) is 11.8 Å². The maximum atomic E-state index is 6.75. The van der Waals surface area contributed by atoms with Crippen molar-refractivity contribution in [3.8, 4) is 23.0 Å². The average Bonchev–Trinajstić information content (AvgIpc) is 3.30. The summed E-state index contributed by atoms with van der Waals surface area (Å²) < 4.78 is 26.0. The first-order chi connectivity index (χ1) is 31.3. The quantitative estimate of drug-likeness (QED) is 0.0669. The van der Waals surface area contributed by atoms with E-state index in [1.807, 2.05) is 48.9 Å². The van der Waals surface area contributed by atoms with Crippen LogP contribution in [0.15, 0.2) is 115 Å². The summed E-state index contributed by atoms with van der Waals surface area (Å²) in [6, 6.07) is 29.3. The predicted octanol–water partition coefficient (Wildman–Crippen LogP) is 10.4. The monoisotopic (exact) mass is 863 g/mol. The third-order valence-electron chi connectivity index (χ3n) is 12.9. The van der Waals surface area contributed by atoms with E-state index in [1.165, 1.54) is 5.56 Å².